The van der Waals surface area contributed by atoms with Gasteiger partial charge >= 0.3 is 0 Å². The number of rotatable bonds is 2. The molecule has 1 aliphatic rings. The van der Waals surface area contributed by atoms with E-state index in [0.717, 1.165) is 25.6 Å². The highest BCUT2D eigenvalue weighted by atomic mass is 127. The van der Waals surface area contributed by atoms with Gasteiger partial charge in [-0.25, -0.2) is 4.99 Å². The predicted molar refractivity (Wildman–Crippen MR) is 89.8 cm³/mol. The van der Waals surface area contributed by atoms with Gasteiger partial charge in [0.15, 0.2) is 5.96 Å². The molecule has 0 atom stereocenters. The van der Waals surface area contributed by atoms with Gasteiger partial charge in [-0.3, -0.25) is 0 Å². The van der Waals surface area contributed by atoms with E-state index in [0.29, 0.717) is 5.96 Å². The molecule has 18 heavy (non-hydrogen) atoms. The molecule has 0 unspecified atom stereocenters. The van der Waals surface area contributed by atoms with Crippen molar-refractivity contribution in [3.05, 3.63) is 21.9 Å². The number of hydrogen-bond acceptors (Lipinski definition) is 2. The van der Waals surface area contributed by atoms with Gasteiger partial charge in [0.2, 0.25) is 0 Å². The van der Waals surface area contributed by atoms with Crippen LogP contribution in [-0.4, -0.2) is 23.9 Å². The van der Waals surface area contributed by atoms with Crippen LogP contribution in [0.3, 0.4) is 0 Å². The van der Waals surface area contributed by atoms with Crippen molar-refractivity contribution >= 4 is 41.3 Å². The molecule has 2 rings (SSSR count). The van der Waals surface area contributed by atoms with Gasteiger partial charge in [-0.2, -0.15) is 0 Å². The first-order chi connectivity index (χ1) is 8.15. The van der Waals surface area contributed by atoms with Crippen molar-refractivity contribution in [1.82, 2.24) is 4.90 Å². The van der Waals surface area contributed by atoms with Crippen molar-refractivity contribution < 1.29 is 0 Å². The summed E-state index contributed by atoms with van der Waals surface area (Å²) in [4.78, 5) is 9.32. The van der Waals surface area contributed by atoms with Crippen molar-refractivity contribution in [2.24, 2.45) is 16.6 Å². The quantitative estimate of drug-likeness (QED) is 0.487. The van der Waals surface area contributed by atoms with Crippen molar-refractivity contribution in [3.63, 3.8) is 0 Å². The largest absolute Gasteiger partial charge is 0.370 e. The van der Waals surface area contributed by atoms with E-state index in [9.17, 15) is 0 Å². The minimum atomic E-state index is 0. The Morgan fingerprint density at radius 2 is 2.11 bits per heavy atom. The third-order valence-corrected chi connectivity index (χ3v) is 4.29. The molecule has 0 aliphatic carbocycles. The minimum Gasteiger partial charge on any atom is -0.370 e. The van der Waals surface area contributed by atoms with Crippen LogP contribution in [0.2, 0.25) is 0 Å². The Morgan fingerprint density at radius 1 is 1.44 bits per heavy atom. The van der Waals surface area contributed by atoms with Crippen LogP contribution in [-0.2, 0) is 6.54 Å². The molecule has 5 heteroatoms. The van der Waals surface area contributed by atoms with Gasteiger partial charge in [-0.1, -0.05) is 6.92 Å². The molecule has 1 aromatic rings. The summed E-state index contributed by atoms with van der Waals surface area (Å²) in [6, 6.07) is 4.27. The molecule has 0 radical (unpaired) electrons. The summed E-state index contributed by atoms with van der Waals surface area (Å²) in [6.45, 7) is 7.25. The Balaban J connectivity index is 0.00000162. The number of thiophene rings is 1. The summed E-state index contributed by atoms with van der Waals surface area (Å²) in [5, 5.41) is 0. The number of halogens is 1. The van der Waals surface area contributed by atoms with Crippen LogP contribution >= 0.6 is 35.3 Å². The SMILES string of the molecule is Cc1ccc(CN=C(N)N2CCC(C)CC2)s1.I. The zero-order valence-electron chi connectivity index (χ0n) is 11.1. The van der Waals surface area contributed by atoms with Crippen molar-refractivity contribution in [3.8, 4) is 0 Å². The van der Waals surface area contributed by atoms with E-state index in [4.69, 9.17) is 5.73 Å². The third kappa shape index (κ3) is 4.42. The van der Waals surface area contributed by atoms with E-state index in [-0.39, 0.29) is 24.0 Å². The van der Waals surface area contributed by atoms with Crippen LogP contribution < -0.4 is 5.73 Å². The maximum absolute atomic E-state index is 6.03. The lowest BCUT2D eigenvalue weighted by atomic mass is 10.00. The van der Waals surface area contributed by atoms with Crippen LogP contribution in [0.25, 0.3) is 0 Å². The molecule has 2 N–H and O–H groups in total. The van der Waals surface area contributed by atoms with Crippen LogP contribution in [0.15, 0.2) is 17.1 Å². The predicted octanol–water partition coefficient (Wildman–Crippen LogP) is 3.22. The summed E-state index contributed by atoms with van der Waals surface area (Å²) >= 11 is 1.80. The summed E-state index contributed by atoms with van der Waals surface area (Å²) < 4.78 is 0. The Bertz CT molecular complexity index is 395. The zero-order chi connectivity index (χ0) is 12.3. The molecular formula is C13H22IN3S. The third-order valence-electron chi connectivity index (χ3n) is 3.30. The fourth-order valence-corrected chi connectivity index (χ4v) is 2.88. The molecule has 3 nitrogen and oxygen atoms in total. The maximum atomic E-state index is 6.03. The van der Waals surface area contributed by atoms with Gasteiger partial charge in [-0.15, -0.1) is 35.3 Å². The Labute approximate surface area is 130 Å². The summed E-state index contributed by atoms with van der Waals surface area (Å²) in [5.41, 5.74) is 6.03. The number of likely N-dealkylation sites (tertiary alicyclic amines) is 1. The maximum Gasteiger partial charge on any atom is 0.191 e. The Hall–Kier alpha value is -0.300. The second-order valence-corrected chi connectivity index (χ2v) is 6.23. The van der Waals surface area contributed by atoms with Crippen molar-refractivity contribution in [2.45, 2.75) is 33.2 Å². The highest BCUT2D eigenvalue weighted by Gasteiger charge is 2.16. The lowest BCUT2D eigenvalue weighted by Gasteiger charge is -2.30. The van der Waals surface area contributed by atoms with E-state index in [1.807, 2.05) is 0 Å². The van der Waals surface area contributed by atoms with Crippen LogP contribution in [0.4, 0.5) is 0 Å². The number of guanidine groups is 1. The summed E-state index contributed by atoms with van der Waals surface area (Å²) in [6.07, 6.45) is 2.46. The van der Waals surface area contributed by atoms with E-state index in [2.05, 4.69) is 35.9 Å². The molecule has 1 saturated heterocycles. The number of aryl methyl sites for hydroxylation is 1. The lowest BCUT2D eigenvalue weighted by Crippen LogP contribution is -2.42. The van der Waals surface area contributed by atoms with E-state index >= 15 is 0 Å². The van der Waals surface area contributed by atoms with E-state index < -0.39 is 0 Å². The first kappa shape index (κ1) is 15.8. The number of nitrogens with zero attached hydrogens (tertiary/aromatic N) is 2. The van der Waals surface area contributed by atoms with Gasteiger partial charge in [-0.05, 0) is 37.8 Å². The fraction of sp³-hybridized carbons (Fsp3) is 0.615. The molecule has 1 fully saturated rings. The first-order valence-electron chi connectivity index (χ1n) is 6.25. The van der Waals surface area contributed by atoms with Crippen molar-refractivity contribution in [1.29, 1.82) is 0 Å². The average molecular weight is 379 g/mol. The second-order valence-electron chi connectivity index (χ2n) is 4.86. The number of hydrogen-bond donors (Lipinski definition) is 1. The van der Waals surface area contributed by atoms with Gasteiger partial charge in [0, 0.05) is 22.8 Å². The number of aliphatic imine (C=N–C) groups is 1. The molecule has 0 aromatic carbocycles. The minimum absolute atomic E-state index is 0. The molecule has 0 bridgehead atoms. The molecule has 0 saturated carbocycles. The smallest absolute Gasteiger partial charge is 0.191 e. The monoisotopic (exact) mass is 379 g/mol. The van der Waals surface area contributed by atoms with Crippen LogP contribution in [0.1, 0.15) is 29.5 Å². The Kier molecular flexibility index (Phi) is 6.42. The van der Waals surface area contributed by atoms with Gasteiger partial charge in [0.05, 0.1) is 6.54 Å². The topological polar surface area (TPSA) is 41.6 Å². The molecule has 0 amide bonds. The molecule has 102 valence electrons. The number of nitrogens with two attached hydrogens (primary N) is 1. The highest BCUT2D eigenvalue weighted by molar-refractivity contribution is 14.0. The molecule has 2 heterocycles. The zero-order valence-corrected chi connectivity index (χ0v) is 14.2. The van der Waals surface area contributed by atoms with Gasteiger partial charge in [0.1, 0.15) is 0 Å². The molecule has 1 aliphatic heterocycles. The molecular weight excluding hydrogens is 357 g/mol. The lowest BCUT2D eigenvalue weighted by molar-refractivity contribution is 0.277. The Morgan fingerprint density at radius 3 is 2.67 bits per heavy atom. The van der Waals surface area contributed by atoms with Gasteiger partial charge < -0.3 is 10.6 Å². The molecule has 0 spiro atoms. The van der Waals surface area contributed by atoms with Crippen LogP contribution in [0.5, 0.6) is 0 Å². The number of piperidine rings is 1. The van der Waals surface area contributed by atoms with E-state index in [1.165, 1.54) is 22.6 Å². The molecule has 1 aromatic heterocycles. The first-order valence-corrected chi connectivity index (χ1v) is 7.07. The standard InChI is InChI=1S/C13H21N3S.HI/c1-10-5-7-16(8-6-10)13(14)15-9-12-4-3-11(2)17-12;/h3-4,10H,5-9H2,1-2H3,(H2,14,15);1H. The van der Waals surface area contributed by atoms with Crippen molar-refractivity contribution in [2.75, 3.05) is 13.1 Å². The van der Waals surface area contributed by atoms with E-state index in [1.54, 1.807) is 11.3 Å². The van der Waals surface area contributed by atoms with Gasteiger partial charge in [0.25, 0.3) is 0 Å². The average Bonchev–Trinajstić information content (AvgIpc) is 2.73. The summed E-state index contributed by atoms with van der Waals surface area (Å²) in [7, 11) is 0. The fourth-order valence-electron chi connectivity index (χ4n) is 2.07. The second kappa shape index (κ2) is 7.33. The van der Waals surface area contributed by atoms with Crippen LogP contribution in [0, 0.1) is 12.8 Å². The highest BCUT2D eigenvalue weighted by Crippen LogP contribution is 2.17. The summed E-state index contributed by atoms with van der Waals surface area (Å²) in [5.74, 6) is 1.54. The normalized spacial score (nSPS) is 17.7.